The van der Waals surface area contributed by atoms with Crippen molar-refractivity contribution < 1.29 is 9.18 Å². The van der Waals surface area contributed by atoms with Gasteiger partial charge in [-0.25, -0.2) is 4.39 Å². The van der Waals surface area contributed by atoms with Gasteiger partial charge in [0.15, 0.2) is 0 Å². The van der Waals surface area contributed by atoms with E-state index in [-0.39, 0.29) is 17.2 Å². The summed E-state index contributed by atoms with van der Waals surface area (Å²) in [7, 11) is 1.64. The molecular weight excluding hydrogens is 279 g/mol. The summed E-state index contributed by atoms with van der Waals surface area (Å²) >= 11 is 5.90. The van der Waals surface area contributed by atoms with Crippen LogP contribution in [0.3, 0.4) is 0 Å². The van der Waals surface area contributed by atoms with E-state index >= 15 is 0 Å². The van der Waals surface area contributed by atoms with E-state index in [1.807, 2.05) is 12.1 Å². The standard InChI is InChI=1S/C15H14ClFN2O/c1-19(9-10-3-2-4-12(16)5-10)15(20)11-6-13(17)8-14(18)7-11/h2-8H,9,18H2,1H3. The van der Waals surface area contributed by atoms with Crippen LogP contribution in [0.25, 0.3) is 0 Å². The highest BCUT2D eigenvalue weighted by Gasteiger charge is 2.13. The molecule has 0 radical (unpaired) electrons. The van der Waals surface area contributed by atoms with E-state index in [4.69, 9.17) is 17.3 Å². The van der Waals surface area contributed by atoms with Gasteiger partial charge in [-0.05, 0) is 35.9 Å². The average Bonchev–Trinajstić information content (AvgIpc) is 2.36. The van der Waals surface area contributed by atoms with Crippen LogP contribution in [0.5, 0.6) is 0 Å². The summed E-state index contributed by atoms with van der Waals surface area (Å²) in [6.45, 7) is 0.385. The summed E-state index contributed by atoms with van der Waals surface area (Å²) in [5.41, 5.74) is 6.90. The van der Waals surface area contributed by atoms with Crippen LogP contribution in [0.15, 0.2) is 42.5 Å². The molecular formula is C15H14ClFN2O. The van der Waals surface area contributed by atoms with Crippen LogP contribution in [0, 0.1) is 5.82 Å². The van der Waals surface area contributed by atoms with Crippen molar-refractivity contribution in [2.45, 2.75) is 6.54 Å². The van der Waals surface area contributed by atoms with Gasteiger partial charge in [0.1, 0.15) is 5.82 Å². The number of rotatable bonds is 3. The van der Waals surface area contributed by atoms with Crippen molar-refractivity contribution in [3.05, 3.63) is 64.4 Å². The number of nitrogen functional groups attached to an aromatic ring is 1. The lowest BCUT2D eigenvalue weighted by molar-refractivity contribution is 0.0784. The minimum Gasteiger partial charge on any atom is -0.399 e. The Balaban J connectivity index is 2.16. The smallest absolute Gasteiger partial charge is 0.254 e. The fourth-order valence-electron chi connectivity index (χ4n) is 1.94. The van der Waals surface area contributed by atoms with Gasteiger partial charge >= 0.3 is 0 Å². The van der Waals surface area contributed by atoms with E-state index in [1.54, 1.807) is 19.2 Å². The summed E-state index contributed by atoms with van der Waals surface area (Å²) in [6.07, 6.45) is 0. The van der Waals surface area contributed by atoms with Crippen molar-refractivity contribution in [1.82, 2.24) is 4.90 Å². The molecule has 3 nitrogen and oxygen atoms in total. The highest BCUT2D eigenvalue weighted by molar-refractivity contribution is 6.30. The van der Waals surface area contributed by atoms with Crippen LogP contribution >= 0.6 is 11.6 Å². The van der Waals surface area contributed by atoms with Gasteiger partial charge in [0.05, 0.1) is 0 Å². The Bertz CT molecular complexity index is 625. The van der Waals surface area contributed by atoms with Crippen molar-refractivity contribution in [3.8, 4) is 0 Å². The monoisotopic (exact) mass is 292 g/mol. The molecule has 2 aromatic rings. The second-order valence-corrected chi connectivity index (χ2v) is 5.00. The minimum atomic E-state index is -0.524. The number of nitrogens with zero attached hydrogens (tertiary/aromatic N) is 1. The first-order valence-electron chi connectivity index (χ1n) is 6.01. The molecule has 0 atom stereocenters. The van der Waals surface area contributed by atoms with Crippen molar-refractivity contribution in [3.63, 3.8) is 0 Å². The molecule has 0 aliphatic heterocycles. The first-order chi connectivity index (χ1) is 9.45. The van der Waals surface area contributed by atoms with Gasteiger partial charge in [-0.3, -0.25) is 4.79 Å². The van der Waals surface area contributed by atoms with Crippen LogP contribution in [0.2, 0.25) is 5.02 Å². The van der Waals surface area contributed by atoms with Crippen LogP contribution in [0.1, 0.15) is 15.9 Å². The molecule has 0 bridgehead atoms. The number of carbonyl (C=O) groups excluding carboxylic acids is 1. The Morgan fingerprint density at radius 3 is 2.70 bits per heavy atom. The maximum atomic E-state index is 13.3. The molecule has 0 heterocycles. The van der Waals surface area contributed by atoms with Crippen molar-refractivity contribution in [2.24, 2.45) is 0 Å². The number of hydrogen-bond donors (Lipinski definition) is 1. The lowest BCUT2D eigenvalue weighted by Gasteiger charge is -2.17. The molecule has 0 unspecified atom stereocenters. The topological polar surface area (TPSA) is 46.3 Å². The SMILES string of the molecule is CN(Cc1cccc(Cl)c1)C(=O)c1cc(N)cc(F)c1. The maximum absolute atomic E-state index is 13.3. The minimum absolute atomic E-state index is 0.226. The van der Waals surface area contributed by atoms with Crippen LogP contribution in [0.4, 0.5) is 10.1 Å². The molecule has 0 spiro atoms. The van der Waals surface area contributed by atoms with E-state index in [0.717, 1.165) is 5.56 Å². The maximum Gasteiger partial charge on any atom is 0.254 e. The Morgan fingerprint density at radius 1 is 1.30 bits per heavy atom. The number of halogens is 2. The normalized spacial score (nSPS) is 10.3. The molecule has 0 aliphatic carbocycles. The fraction of sp³-hybridized carbons (Fsp3) is 0.133. The van der Waals surface area contributed by atoms with E-state index in [9.17, 15) is 9.18 Å². The zero-order valence-electron chi connectivity index (χ0n) is 10.9. The van der Waals surface area contributed by atoms with Gasteiger partial charge in [-0.15, -0.1) is 0 Å². The lowest BCUT2D eigenvalue weighted by Crippen LogP contribution is -2.26. The van der Waals surface area contributed by atoms with E-state index in [1.165, 1.54) is 23.1 Å². The molecule has 0 saturated carbocycles. The summed E-state index contributed by atoms with van der Waals surface area (Å²) in [6, 6.07) is 11.0. The Morgan fingerprint density at radius 2 is 2.05 bits per heavy atom. The second kappa shape index (κ2) is 5.92. The molecule has 2 N–H and O–H groups in total. The number of nitrogens with two attached hydrogens (primary N) is 1. The number of carbonyl (C=O) groups is 1. The van der Waals surface area contributed by atoms with Gasteiger partial charge in [0.2, 0.25) is 0 Å². The molecule has 0 fully saturated rings. The van der Waals surface area contributed by atoms with Gasteiger partial charge in [-0.2, -0.15) is 0 Å². The first kappa shape index (κ1) is 14.3. The zero-order valence-corrected chi connectivity index (χ0v) is 11.7. The summed E-state index contributed by atoms with van der Waals surface area (Å²) in [5, 5.41) is 0.610. The van der Waals surface area contributed by atoms with Gasteiger partial charge in [0.25, 0.3) is 5.91 Å². The molecule has 20 heavy (non-hydrogen) atoms. The summed E-state index contributed by atoms with van der Waals surface area (Å²) < 4.78 is 13.3. The van der Waals surface area contributed by atoms with Gasteiger partial charge in [0, 0.05) is 29.9 Å². The lowest BCUT2D eigenvalue weighted by atomic mass is 10.1. The average molecular weight is 293 g/mol. The highest BCUT2D eigenvalue weighted by Crippen LogP contribution is 2.16. The van der Waals surface area contributed by atoms with E-state index in [2.05, 4.69) is 0 Å². The quantitative estimate of drug-likeness (QED) is 0.882. The van der Waals surface area contributed by atoms with Crippen molar-refractivity contribution in [2.75, 3.05) is 12.8 Å². The molecule has 1 amide bonds. The second-order valence-electron chi connectivity index (χ2n) is 4.56. The number of benzene rings is 2. The highest BCUT2D eigenvalue weighted by atomic mass is 35.5. The molecule has 2 rings (SSSR count). The predicted molar refractivity (Wildman–Crippen MR) is 78.1 cm³/mol. The first-order valence-corrected chi connectivity index (χ1v) is 6.39. The van der Waals surface area contributed by atoms with Gasteiger partial charge in [-0.1, -0.05) is 23.7 Å². The Kier molecular flexibility index (Phi) is 4.25. The van der Waals surface area contributed by atoms with E-state index in [0.29, 0.717) is 11.6 Å². The third-order valence-electron chi connectivity index (χ3n) is 2.82. The number of hydrogen-bond acceptors (Lipinski definition) is 2. The van der Waals surface area contributed by atoms with E-state index < -0.39 is 5.82 Å². The number of amides is 1. The van der Waals surface area contributed by atoms with Gasteiger partial charge < -0.3 is 10.6 Å². The Hall–Kier alpha value is -2.07. The Labute approximate surface area is 121 Å². The molecule has 5 heteroatoms. The largest absolute Gasteiger partial charge is 0.399 e. The zero-order chi connectivity index (χ0) is 14.7. The van der Waals surface area contributed by atoms with Crippen molar-refractivity contribution >= 4 is 23.2 Å². The van der Waals surface area contributed by atoms with Crippen LogP contribution in [-0.4, -0.2) is 17.9 Å². The third kappa shape index (κ3) is 3.48. The summed E-state index contributed by atoms with van der Waals surface area (Å²) in [5.74, 6) is -0.819. The van der Waals surface area contributed by atoms with Crippen molar-refractivity contribution in [1.29, 1.82) is 0 Å². The number of anilines is 1. The third-order valence-corrected chi connectivity index (χ3v) is 3.06. The molecule has 104 valence electrons. The molecule has 2 aromatic carbocycles. The molecule has 0 aliphatic rings. The molecule has 0 saturated heterocycles. The van der Waals surface area contributed by atoms with Crippen LogP contribution in [-0.2, 0) is 6.54 Å². The van der Waals surface area contributed by atoms with Crippen LogP contribution < -0.4 is 5.73 Å². The summed E-state index contributed by atoms with van der Waals surface area (Å²) in [4.78, 5) is 13.7. The predicted octanol–water partition coefficient (Wildman–Crippen LogP) is 3.33. The molecule has 0 aromatic heterocycles. The fourth-order valence-corrected chi connectivity index (χ4v) is 2.15.